The van der Waals surface area contributed by atoms with Crippen molar-refractivity contribution in [2.75, 3.05) is 5.73 Å². The van der Waals surface area contributed by atoms with Crippen molar-refractivity contribution in [1.82, 2.24) is 5.32 Å². The van der Waals surface area contributed by atoms with Gasteiger partial charge in [0, 0.05) is 11.7 Å². The predicted octanol–water partition coefficient (Wildman–Crippen LogP) is 2.90. The number of nitrogen functional groups attached to an aromatic ring is 1. The van der Waals surface area contributed by atoms with Gasteiger partial charge in [-0.2, -0.15) is 0 Å². The molecule has 0 aromatic heterocycles. The number of hydrogen-bond donors (Lipinski definition) is 2. The molecule has 0 fully saturated rings. The molecule has 100 valence electrons. The number of benzene rings is 1. The van der Waals surface area contributed by atoms with Gasteiger partial charge in [-0.05, 0) is 25.0 Å². The van der Waals surface area contributed by atoms with E-state index in [2.05, 4.69) is 19.2 Å². The minimum Gasteiger partial charge on any atom is -0.398 e. The standard InChI is InChI=1S/C15H24N2O/c1-3-4-5-8-12(2)17-15(18)11-13-9-6-7-10-14(13)16/h6-7,9-10,12H,3-5,8,11,16H2,1-2H3,(H,17,18). The Balaban J connectivity index is 2.35. The van der Waals surface area contributed by atoms with Crippen molar-refractivity contribution in [3.05, 3.63) is 29.8 Å². The van der Waals surface area contributed by atoms with E-state index in [0.29, 0.717) is 12.1 Å². The van der Waals surface area contributed by atoms with Crippen LogP contribution in [-0.4, -0.2) is 11.9 Å². The molecule has 0 aliphatic heterocycles. The first kappa shape index (κ1) is 14.6. The Morgan fingerprint density at radius 3 is 2.72 bits per heavy atom. The van der Waals surface area contributed by atoms with Gasteiger partial charge in [0.1, 0.15) is 0 Å². The van der Waals surface area contributed by atoms with Crippen LogP contribution >= 0.6 is 0 Å². The number of nitrogens with two attached hydrogens (primary N) is 1. The van der Waals surface area contributed by atoms with Crippen LogP contribution in [0.15, 0.2) is 24.3 Å². The number of para-hydroxylation sites is 1. The van der Waals surface area contributed by atoms with E-state index in [1.807, 2.05) is 24.3 Å². The lowest BCUT2D eigenvalue weighted by Gasteiger charge is -2.14. The summed E-state index contributed by atoms with van der Waals surface area (Å²) < 4.78 is 0. The van der Waals surface area contributed by atoms with Gasteiger partial charge in [-0.3, -0.25) is 4.79 Å². The molecular formula is C15H24N2O. The summed E-state index contributed by atoms with van der Waals surface area (Å²) in [6, 6.07) is 7.76. The van der Waals surface area contributed by atoms with E-state index in [4.69, 9.17) is 5.73 Å². The normalized spacial score (nSPS) is 12.1. The highest BCUT2D eigenvalue weighted by Crippen LogP contribution is 2.11. The average molecular weight is 248 g/mol. The maximum Gasteiger partial charge on any atom is 0.224 e. The number of hydrogen-bond acceptors (Lipinski definition) is 2. The first-order valence-corrected chi connectivity index (χ1v) is 6.76. The monoisotopic (exact) mass is 248 g/mol. The van der Waals surface area contributed by atoms with Crippen molar-refractivity contribution in [3.8, 4) is 0 Å². The SMILES string of the molecule is CCCCCC(C)NC(=O)Cc1ccccc1N. The molecule has 0 radical (unpaired) electrons. The van der Waals surface area contributed by atoms with Crippen LogP contribution in [0.1, 0.15) is 45.1 Å². The molecule has 1 rings (SSSR count). The molecule has 0 heterocycles. The molecule has 3 N–H and O–H groups in total. The summed E-state index contributed by atoms with van der Waals surface area (Å²) in [6.07, 6.45) is 5.02. The van der Waals surface area contributed by atoms with Crippen molar-refractivity contribution < 1.29 is 4.79 Å². The fourth-order valence-electron chi connectivity index (χ4n) is 1.97. The summed E-state index contributed by atoms with van der Waals surface area (Å²) in [6.45, 7) is 4.24. The minimum absolute atomic E-state index is 0.0527. The molecule has 1 atom stereocenters. The van der Waals surface area contributed by atoms with Crippen LogP contribution in [0.4, 0.5) is 5.69 Å². The maximum atomic E-state index is 11.8. The zero-order chi connectivity index (χ0) is 13.4. The smallest absolute Gasteiger partial charge is 0.224 e. The molecule has 18 heavy (non-hydrogen) atoms. The minimum atomic E-state index is 0.0527. The number of unbranched alkanes of at least 4 members (excludes halogenated alkanes) is 2. The topological polar surface area (TPSA) is 55.1 Å². The van der Waals surface area contributed by atoms with E-state index in [0.717, 1.165) is 12.0 Å². The lowest BCUT2D eigenvalue weighted by Crippen LogP contribution is -2.33. The number of nitrogens with one attached hydrogen (secondary N) is 1. The largest absolute Gasteiger partial charge is 0.398 e. The molecule has 1 unspecified atom stereocenters. The van der Waals surface area contributed by atoms with Crippen LogP contribution in [0, 0.1) is 0 Å². The van der Waals surface area contributed by atoms with Gasteiger partial charge in [-0.25, -0.2) is 0 Å². The zero-order valence-corrected chi connectivity index (χ0v) is 11.4. The molecule has 0 bridgehead atoms. The molecule has 0 saturated carbocycles. The number of carbonyl (C=O) groups is 1. The molecule has 0 spiro atoms. The number of rotatable bonds is 7. The molecule has 0 aliphatic rings. The second-order valence-corrected chi connectivity index (χ2v) is 4.84. The van der Waals surface area contributed by atoms with Gasteiger partial charge < -0.3 is 11.1 Å². The summed E-state index contributed by atoms with van der Waals surface area (Å²) in [4.78, 5) is 11.8. The molecule has 1 aromatic rings. The van der Waals surface area contributed by atoms with Crippen molar-refractivity contribution in [1.29, 1.82) is 0 Å². The Kier molecular flexibility index (Phi) is 6.26. The third-order valence-corrected chi connectivity index (χ3v) is 3.05. The Morgan fingerprint density at radius 1 is 1.33 bits per heavy atom. The van der Waals surface area contributed by atoms with Gasteiger partial charge in [0.25, 0.3) is 0 Å². The summed E-state index contributed by atoms with van der Waals surface area (Å²) in [5.41, 5.74) is 7.40. The summed E-state index contributed by atoms with van der Waals surface area (Å²) in [5, 5.41) is 3.02. The molecule has 3 nitrogen and oxygen atoms in total. The van der Waals surface area contributed by atoms with Crippen LogP contribution < -0.4 is 11.1 Å². The second-order valence-electron chi connectivity index (χ2n) is 4.84. The predicted molar refractivity (Wildman–Crippen MR) is 76.3 cm³/mol. The molecule has 1 aromatic carbocycles. The molecule has 0 aliphatic carbocycles. The van der Waals surface area contributed by atoms with Crippen LogP contribution in [0.3, 0.4) is 0 Å². The number of amides is 1. The van der Waals surface area contributed by atoms with E-state index in [-0.39, 0.29) is 11.9 Å². The van der Waals surface area contributed by atoms with Gasteiger partial charge in [0.05, 0.1) is 6.42 Å². The lowest BCUT2D eigenvalue weighted by molar-refractivity contribution is -0.121. The van der Waals surface area contributed by atoms with Gasteiger partial charge in [0.2, 0.25) is 5.91 Å². The van der Waals surface area contributed by atoms with E-state index >= 15 is 0 Å². The van der Waals surface area contributed by atoms with E-state index in [1.165, 1.54) is 19.3 Å². The highest BCUT2D eigenvalue weighted by molar-refractivity contribution is 5.80. The summed E-state index contributed by atoms with van der Waals surface area (Å²) in [7, 11) is 0. The zero-order valence-electron chi connectivity index (χ0n) is 11.4. The molecule has 1 amide bonds. The second kappa shape index (κ2) is 7.75. The first-order valence-electron chi connectivity index (χ1n) is 6.76. The van der Waals surface area contributed by atoms with Gasteiger partial charge in [-0.1, -0.05) is 44.4 Å². The lowest BCUT2D eigenvalue weighted by atomic mass is 10.1. The van der Waals surface area contributed by atoms with Crippen molar-refractivity contribution >= 4 is 11.6 Å². The Hall–Kier alpha value is -1.51. The highest BCUT2D eigenvalue weighted by Gasteiger charge is 2.09. The third-order valence-electron chi connectivity index (χ3n) is 3.05. The Labute approximate surface area is 110 Å². The van der Waals surface area contributed by atoms with E-state index in [1.54, 1.807) is 0 Å². The highest BCUT2D eigenvalue weighted by atomic mass is 16.1. The van der Waals surface area contributed by atoms with Gasteiger partial charge in [-0.15, -0.1) is 0 Å². The van der Waals surface area contributed by atoms with E-state index in [9.17, 15) is 4.79 Å². The van der Waals surface area contributed by atoms with E-state index < -0.39 is 0 Å². The number of anilines is 1. The van der Waals surface area contributed by atoms with Crippen LogP contribution in [0.2, 0.25) is 0 Å². The fourth-order valence-corrected chi connectivity index (χ4v) is 1.97. The van der Waals surface area contributed by atoms with Crippen LogP contribution in [0.5, 0.6) is 0 Å². The fraction of sp³-hybridized carbons (Fsp3) is 0.533. The molecule has 0 saturated heterocycles. The number of carbonyl (C=O) groups excluding carboxylic acids is 1. The molecule has 3 heteroatoms. The van der Waals surface area contributed by atoms with Crippen molar-refractivity contribution in [2.45, 2.75) is 52.0 Å². The first-order chi connectivity index (χ1) is 8.63. The van der Waals surface area contributed by atoms with Crippen LogP contribution in [0.25, 0.3) is 0 Å². The van der Waals surface area contributed by atoms with Crippen molar-refractivity contribution in [2.24, 2.45) is 0 Å². The van der Waals surface area contributed by atoms with Gasteiger partial charge in [0.15, 0.2) is 0 Å². The quantitative estimate of drug-likeness (QED) is 0.576. The van der Waals surface area contributed by atoms with Crippen LogP contribution in [-0.2, 0) is 11.2 Å². The summed E-state index contributed by atoms with van der Waals surface area (Å²) >= 11 is 0. The Morgan fingerprint density at radius 2 is 2.06 bits per heavy atom. The average Bonchev–Trinajstić information content (AvgIpc) is 2.32. The van der Waals surface area contributed by atoms with Crippen molar-refractivity contribution in [3.63, 3.8) is 0 Å². The van der Waals surface area contributed by atoms with Gasteiger partial charge >= 0.3 is 0 Å². The Bertz CT molecular complexity index is 377. The maximum absolute atomic E-state index is 11.8. The summed E-state index contributed by atoms with van der Waals surface area (Å²) in [5.74, 6) is 0.0527. The third kappa shape index (κ3) is 5.21. The molecular weight excluding hydrogens is 224 g/mol.